The number of benzene rings is 1. The Labute approximate surface area is 224 Å². The second-order valence-electron chi connectivity index (χ2n) is 11.3. The van der Waals surface area contributed by atoms with Gasteiger partial charge in [-0.2, -0.15) is 0 Å². The highest BCUT2D eigenvalue weighted by molar-refractivity contribution is 7.98. The standard InChI is InChI=1S/C29H39N3O4S/c1-6-17(3)32-25(27(34)31-21-12-7-9-16(2)18(21)4)29-14-13-22(36-29)23(24(29)28(32)35)26(33)30-19-10-8-11-20(15-19)37-5/h8,10-11,13-18,21-25H,6-7,9,12H2,1-5H3,(H,30,33)(H,31,34)/t16-,17+,18+,21-,22-,23-,24-,25+,29+/m1/s1. The SMILES string of the molecule is CC[C@H](C)N1C(=O)[C@H]2[C@H](C(=O)Nc3cccc(SC)c3)[C@H]3C=C[C@@]2(O3)[C@@H]1C(=O)N[C@@H]1CCC[C@@H](C)[C@@H]1C. The van der Waals surface area contributed by atoms with E-state index in [0.717, 1.165) is 17.7 Å². The van der Waals surface area contributed by atoms with Crippen molar-refractivity contribution < 1.29 is 19.1 Å². The number of amides is 3. The van der Waals surface area contributed by atoms with Gasteiger partial charge in [0.05, 0.1) is 17.9 Å². The number of anilines is 1. The van der Waals surface area contributed by atoms with Crippen LogP contribution in [0.1, 0.15) is 53.4 Å². The van der Waals surface area contributed by atoms with Crippen molar-refractivity contribution in [3.63, 3.8) is 0 Å². The summed E-state index contributed by atoms with van der Waals surface area (Å²) in [6.07, 6.45) is 9.13. The molecule has 0 unspecified atom stereocenters. The number of thioether (sulfide) groups is 1. The van der Waals surface area contributed by atoms with Gasteiger partial charge in [0, 0.05) is 22.7 Å². The first-order valence-electron chi connectivity index (χ1n) is 13.7. The third-order valence-electron chi connectivity index (χ3n) is 9.30. The molecule has 2 N–H and O–H groups in total. The van der Waals surface area contributed by atoms with Crippen LogP contribution in [0.2, 0.25) is 0 Å². The van der Waals surface area contributed by atoms with Crippen LogP contribution >= 0.6 is 11.8 Å². The summed E-state index contributed by atoms with van der Waals surface area (Å²) in [5, 5.41) is 6.32. The molecule has 2 saturated heterocycles. The highest BCUT2D eigenvalue weighted by Crippen LogP contribution is 2.56. The van der Waals surface area contributed by atoms with Crippen molar-refractivity contribution in [2.45, 2.75) is 88.1 Å². The van der Waals surface area contributed by atoms with Gasteiger partial charge in [0.2, 0.25) is 17.7 Å². The molecule has 1 spiro atoms. The van der Waals surface area contributed by atoms with Crippen LogP contribution < -0.4 is 10.6 Å². The van der Waals surface area contributed by atoms with E-state index in [1.165, 1.54) is 6.42 Å². The fourth-order valence-electron chi connectivity index (χ4n) is 6.85. The number of carbonyl (C=O) groups excluding carboxylic acids is 3. The third-order valence-corrected chi connectivity index (χ3v) is 10.0. The van der Waals surface area contributed by atoms with Crippen LogP contribution in [0.15, 0.2) is 41.3 Å². The average molecular weight is 526 g/mol. The molecule has 37 heavy (non-hydrogen) atoms. The molecular formula is C29H39N3O4S. The number of nitrogens with zero attached hydrogens (tertiary/aromatic N) is 1. The van der Waals surface area contributed by atoms with Gasteiger partial charge in [-0.15, -0.1) is 11.8 Å². The van der Waals surface area contributed by atoms with E-state index in [9.17, 15) is 14.4 Å². The second-order valence-corrected chi connectivity index (χ2v) is 12.2. The highest BCUT2D eigenvalue weighted by atomic mass is 32.2. The maximum atomic E-state index is 14.0. The molecule has 8 heteroatoms. The van der Waals surface area contributed by atoms with Gasteiger partial charge in [0.1, 0.15) is 11.6 Å². The lowest BCUT2D eigenvalue weighted by molar-refractivity contribution is -0.144. The van der Waals surface area contributed by atoms with Crippen LogP contribution in [0.25, 0.3) is 0 Å². The monoisotopic (exact) mass is 525 g/mol. The van der Waals surface area contributed by atoms with Gasteiger partial charge >= 0.3 is 0 Å². The lowest BCUT2D eigenvalue weighted by Crippen LogP contribution is -2.59. The summed E-state index contributed by atoms with van der Waals surface area (Å²) >= 11 is 1.60. The van der Waals surface area contributed by atoms with E-state index in [4.69, 9.17) is 4.74 Å². The Bertz CT molecular complexity index is 1110. The molecule has 3 heterocycles. The Hall–Kier alpha value is -2.32. The fraction of sp³-hybridized carbons (Fsp3) is 0.621. The Morgan fingerprint density at radius 1 is 1.24 bits per heavy atom. The van der Waals surface area contributed by atoms with Gasteiger partial charge < -0.3 is 20.3 Å². The Morgan fingerprint density at radius 2 is 2.03 bits per heavy atom. The van der Waals surface area contributed by atoms with Crippen LogP contribution in [0.5, 0.6) is 0 Å². The quantitative estimate of drug-likeness (QED) is 0.411. The molecule has 0 aromatic heterocycles. The Morgan fingerprint density at radius 3 is 2.76 bits per heavy atom. The minimum absolute atomic E-state index is 0.0750. The van der Waals surface area contributed by atoms with E-state index in [2.05, 4.69) is 24.5 Å². The average Bonchev–Trinajstić information content (AvgIpc) is 3.53. The number of rotatable bonds is 7. The highest BCUT2D eigenvalue weighted by Gasteiger charge is 2.73. The first-order chi connectivity index (χ1) is 17.7. The molecule has 5 rings (SSSR count). The Kier molecular flexibility index (Phi) is 7.18. The van der Waals surface area contributed by atoms with Crippen LogP contribution in [0.3, 0.4) is 0 Å². The van der Waals surface area contributed by atoms with Crippen LogP contribution in [0.4, 0.5) is 5.69 Å². The minimum atomic E-state index is -1.12. The zero-order valence-corrected chi connectivity index (χ0v) is 23.2. The van der Waals surface area contributed by atoms with Crippen molar-refractivity contribution in [1.82, 2.24) is 10.2 Å². The smallest absolute Gasteiger partial charge is 0.246 e. The molecule has 1 aliphatic carbocycles. The number of nitrogens with one attached hydrogen (secondary N) is 2. The van der Waals surface area contributed by atoms with E-state index in [0.29, 0.717) is 23.9 Å². The zero-order chi connectivity index (χ0) is 26.5. The van der Waals surface area contributed by atoms with E-state index < -0.39 is 29.6 Å². The predicted molar refractivity (Wildman–Crippen MR) is 145 cm³/mol. The number of fused-ring (bicyclic) bond motifs is 1. The molecule has 7 nitrogen and oxygen atoms in total. The molecule has 3 fully saturated rings. The van der Waals surface area contributed by atoms with Gasteiger partial charge in [-0.05, 0) is 56.1 Å². The summed E-state index contributed by atoms with van der Waals surface area (Å²) in [5.41, 5.74) is -0.432. The summed E-state index contributed by atoms with van der Waals surface area (Å²) in [5.74, 6) is -1.07. The second kappa shape index (κ2) is 10.1. The number of carbonyl (C=O) groups is 3. The van der Waals surface area contributed by atoms with E-state index in [-0.39, 0.29) is 29.8 Å². The minimum Gasteiger partial charge on any atom is -0.359 e. The molecule has 9 atom stereocenters. The van der Waals surface area contributed by atoms with Gasteiger partial charge in [0.15, 0.2) is 0 Å². The van der Waals surface area contributed by atoms with E-state index in [1.54, 1.807) is 16.7 Å². The number of ether oxygens (including phenoxy) is 1. The van der Waals surface area contributed by atoms with Crippen molar-refractivity contribution in [3.05, 3.63) is 36.4 Å². The molecular weight excluding hydrogens is 486 g/mol. The molecule has 1 aromatic carbocycles. The lowest BCUT2D eigenvalue weighted by Gasteiger charge is -2.39. The van der Waals surface area contributed by atoms with Crippen molar-refractivity contribution >= 4 is 35.2 Å². The normalized spacial score (nSPS) is 36.9. The van der Waals surface area contributed by atoms with E-state index >= 15 is 0 Å². The van der Waals surface area contributed by atoms with Crippen LogP contribution in [0, 0.1) is 23.7 Å². The van der Waals surface area contributed by atoms with Crippen molar-refractivity contribution in [1.29, 1.82) is 0 Å². The zero-order valence-electron chi connectivity index (χ0n) is 22.4. The van der Waals surface area contributed by atoms with Gasteiger partial charge in [-0.25, -0.2) is 0 Å². The largest absolute Gasteiger partial charge is 0.359 e. The summed E-state index contributed by atoms with van der Waals surface area (Å²) in [7, 11) is 0. The predicted octanol–water partition coefficient (Wildman–Crippen LogP) is 4.24. The molecule has 3 aliphatic heterocycles. The molecule has 200 valence electrons. The number of hydrogen-bond donors (Lipinski definition) is 2. The molecule has 0 radical (unpaired) electrons. The summed E-state index contributed by atoms with van der Waals surface area (Å²) in [6, 6.07) is 6.80. The molecule has 1 aromatic rings. The number of hydrogen-bond acceptors (Lipinski definition) is 5. The van der Waals surface area contributed by atoms with Gasteiger partial charge in [0.25, 0.3) is 0 Å². The first kappa shape index (κ1) is 26.3. The number of likely N-dealkylation sites (tertiary alicyclic amines) is 1. The van der Waals surface area contributed by atoms with Crippen LogP contribution in [-0.4, -0.2) is 58.7 Å². The summed E-state index contributed by atoms with van der Waals surface area (Å²) in [4.78, 5) is 44.3. The fourth-order valence-corrected chi connectivity index (χ4v) is 7.31. The van der Waals surface area contributed by atoms with Crippen molar-refractivity contribution in [2.75, 3.05) is 11.6 Å². The van der Waals surface area contributed by atoms with E-state index in [1.807, 2.05) is 56.5 Å². The van der Waals surface area contributed by atoms with Gasteiger partial charge in [-0.1, -0.05) is 51.8 Å². The maximum absolute atomic E-state index is 14.0. The van der Waals surface area contributed by atoms with Crippen molar-refractivity contribution in [2.24, 2.45) is 23.7 Å². The molecule has 3 amide bonds. The third kappa shape index (κ3) is 4.30. The lowest BCUT2D eigenvalue weighted by atomic mass is 9.73. The van der Waals surface area contributed by atoms with Crippen LogP contribution in [-0.2, 0) is 19.1 Å². The first-order valence-corrected chi connectivity index (χ1v) is 14.9. The van der Waals surface area contributed by atoms with Gasteiger partial charge in [-0.3, -0.25) is 14.4 Å². The van der Waals surface area contributed by atoms with Crippen molar-refractivity contribution in [3.8, 4) is 0 Å². The molecule has 2 bridgehead atoms. The maximum Gasteiger partial charge on any atom is 0.246 e. The topological polar surface area (TPSA) is 87.7 Å². The summed E-state index contributed by atoms with van der Waals surface area (Å²) in [6.45, 7) is 8.43. The molecule has 1 saturated carbocycles. The molecule has 4 aliphatic rings. The Balaban J connectivity index is 1.44. The summed E-state index contributed by atoms with van der Waals surface area (Å²) < 4.78 is 6.47.